The molecule has 3 aliphatic rings. The molecule has 60 heavy (non-hydrogen) atoms. The Morgan fingerprint density at radius 2 is 1.38 bits per heavy atom. The Balaban J connectivity index is 0.959. The number of alkyl carbamates (subject to hydrolysis) is 2. The van der Waals surface area contributed by atoms with Gasteiger partial charge < -0.3 is 49.9 Å². The molecule has 3 saturated heterocycles. The van der Waals surface area contributed by atoms with Crippen LogP contribution in [-0.2, 0) is 19.0 Å². The van der Waals surface area contributed by atoms with E-state index in [1.54, 1.807) is 4.90 Å². The molecule has 0 unspecified atom stereocenters. The molecular weight excluding hydrogens is 767 g/mol. The van der Waals surface area contributed by atoms with Crippen LogP contribution in [-0.4, -0.2) is 107 Å². The van der Waals surface area contributed by atoms with E-state index in [1.165, 1.54) is 14.2 Å². The van der Waals surface area contributed by atoms with Gasteiger partial charge in [-0.2, -0.15) is 0 Å². The number of methoxy groups -OCH3 is 2. The summed E-state index contributed by atoms with van der Waals surface area (Å²) < 4.78 is 15.1. The summed E-state index contributed by atoms with van der Waals surface area (Å²) >= 11 is 0. The van der Waals surface area contributed by atoms with Gasteiger partial charge in [-0.3, -0.25) is 4.79 Å². The number of carbonyl (C=O) groups is 4. The van der Waals surface area contributed by atoms with Crippen molar-refractivity contribution in [2.75, 3.05) is 40.5 Å². The van der Waals surface area contributed by atoms with Crippen LogP contribution in [0, 0.1) is 11.8 Å². The van der Waals surface area contributed by atoms with Crippen molar-refractivity contribution in [2.24, 2.45) is 11.8 Å². The van der Waals surface area contributed by atoms with E-state index < -0.39 is 24.4 Å². The number of aromatic amines is 2. The molecule has 5 amide bonds. The number of ether oxygens (including phenoxy) is 3. The van der Waals surface area contributed by atoms with Crippen molar-refractivity contribution in [3.8, 4) is 22.4 Å². The lowest BCUT2D eigenvalue weighted by Gasteiger charge is -2.33. The number of likely N-dealkylation sites (tertiary alicyclic amines) is 2. The number of amides is 5. The predicted molar refractivity (Wildman–Crippen MR) is 225 cm³/mol. The number of imidazole rings is 2. The molecule has 4 atom stereocenters. The smallest absolute Gasteiger partial charge is 0.408 e. The monoisotopic (exact) mass is 819 g/mol. The molecule has 8 rings (SSSR count). The third-order valence-electron chi connectivity index (χ3n) is 12.1. The molecule has 316 valence electrons. The van der Waals surface area contributed by atoms with Crippen molar-refractivity contribution in [1.82, 2.24) is 45.7 Å². The average molecular weight is 820 g/mol. The summed E-state index contributed by atoms with van der Waals surface area (Å²) in [5.41, 5.74) is 5.64. The molecule has 3 aliphatic heterocycles. The first kappa shape index (κ1) is 40.6. The molecule has 3 aromatic carbocycles. The van der Waals surface area contributed by atoms with Gasteiger partial charge in [0.15, 0.2) is 0 Å². The van der Waals surface area contributed by atoms with Gasteiger partial charge in [-0.25, -0.2) is 24.4 Å². The molecular formula is C44H53N9O7. The zero-order valence-corrected chi connectivity index (χ0v) is 34.5. The fourth-order valence-corrected chi connectivity index (χ4v) is 8.82. The highest BCUT2D eigenvalue weighted by Gasteiger charge is 2.38. The highest BCUT2D eigenvalue weighted by molar-refractivity contribution is 5.92. The maximum absolute atomic E-state index is 13.7. The van der Waals surface area contributed by atoms with Gasteiger partial charge in [0.25, 0.3) is 0 Å². The molecule has 0 aliphatic carbocycles. The Morgan fingerprint density at radius 3 is 2.10 bits per heavy atom. The van der Waals surface area contributed by atoms with Gasteiger partial charge >= 0.3 is 18.2 Å². The summed E-state index contributed by atoms with van der Waals surface area (Å²) in [6.07, 6.45) is 4.70. The summed E-state index contributed by atoms with van der Waals surface area (Å²) in [6, 6.07) is 17.5. The van der Waals surface area contributed by atoms with Gasteiger partial charge in [0.2, 0.25) is 5.91 Å². The minimum atomic E-state index is -0.694. The maximum Gasteiger partial charge on any atom is 0.408 e. The second-order valence-electron chi connectivity index (χ2n) is 16.2. The first-order valence-corrected chi connectivity index (χ1v) is 20.8. The van der Waals surface area contributed by atoms with Gasteiger partial charge in [-0.1, -0.05) is 44.2 Å². The van der Waals surface area contributed by atoms with Crippen LogP contribution in [0.4, 0.5) is 14.4 Å². The van der Waals surface area contributed by atoms with Crippen molar-refractivity contribution in [2.45, 2.75) is 76.7 Å². The minimum Gasteiger partial charge on any atom is -0.453 e. The van der Waals surface area contributed by atoms with Crippen LogP contribution in [0.2, 0.25) is 0 Å². The van der Waals surface area contributed by atoms with E-state index in [0.29, 0.717) is 26.3 Å². The van der Waals surface area contributed by atoms with Crippen molar-refractivity contribution in [1.29, 1.82) is 0 Å². The number of hydrogen-bond donors (Lipinski definition) is 5. The molecule has 0 bridgehead atoms. The van der Waals surface area contributed by atoms with E-state index in [0.717, 1.165) is 94.4 Å². The summed E-state index contributed by atoms with van der Waals surface area (Å²) in [6.45, 7) is 6.13. The first-order chi connectivity index (χ1) is 29.1. The lowest BCUT2D eigenvalue weighted by molar-refractivity contribution is -0.135. The van der Waals surface area contributed by atoms with E-state index >= 15 is 0 Å². The molecule has 16 nitrogen and oxygen atoms in total. The molecule has 5 N–H and O–H groups in total. The number of rotatable bonds is 10. The average Bonchev–Trinajstić information content (AvgIpc) is 4.11. The maximum atomic E-state index is 13.7. The number of urea groups is 1. The number of carbonyl (C=O) groups excluding carboxylic acids is 4. The SMILES string of the molecule is COC(=O)N[C@H](NC(=O)N1CCC[C@H]1c1nc2ccc(-c3ccc4cc(-c5cnc([C@@H]6CCCN6C(=O)[C@@H](NC(=O)OC)C(C)C)[nH]5)ccc4c3)cc2[nH]1)C1CCOCC1. The van der Waals surface area contributed by atoms with E-state index in [-0.39, 0.29) is 35.9 Å². The molecule has 5 aromatic rings. The van der Waals surface area contributed by atoms with E-state index in [1.807, 2.05) is 31.0 Å². The number of nitrogens with zero attached hydrogens (tertiary/aromatic N) is 4. The largest absolute Gasteiger partial charge is 0.453 e. The molecule has 0 spiro atoms. The zero-order chi connectivity index (χ0) is 41.9. The molecule has 2 aromatic heterocycles. The molecule has 16 heteroatoms. The Hall–Kier alpha value is -6.16. The predicted octanol–water partition coefficient (Wildman–Crippen LogP) is 6.77. The summed E-state index contributed by atoms with van der Waals surface area (Å²) in [5.74, 6) is 1.23. The molecule has 5 heterocycles. The standard InChI is InChI=1S/C44H53N9O7/c1-25(2)37(49-43(56)58-3)41(54)52-17-5-7-35(52)39-45-24-34(48-39)31-12-11-27-21-28(9-10-29(27)22-31)30-13-14-32-33(23-30)47-40(46-32)36-8-6-18-53(36)42(55)50-38(51-44(57)59-4)26-15-19-60-20-16-26/h9-14,21-26,35-38H,5-8,15-20H2,1-4H3,(H,45,48)(H,46,47)(H,49,56)(H,50,55)(H,51,57)/t35-,36-,37-,38-/m0/s1. The van der Waals surface area contributed by atoms with Crippen molar-refractivity contribution < 1.29 is 33.4 Å². The van der Waals surface area contributed by atoms with Crippen LogP contribution in [0.1, 0.15) is 76.1 Å². The normalized spacial score (nSPS) is 19.4. The lowest BCUT2D eigenvalue weighted by Crippen LogP contribution is -2.56. The highest BCUT2D eigenvalue weighted by atomic mass is 16.5. The molecule has 0 radical (unpaired) electrons. The number of aromatic nitrogens is 4. The Labute approximate surface area is 348 Å². The third-order valence-corrected chi connectivity index (χ3v) is 12.1. The van der Waals surface area contributed by atoms with Crippen LogP contribution >= 0.6 is 0 Å². The summed E-state index contributed by atoms with van der Waals surface area (Å²) in [4.78, 5) is 71.7. The Kier molecular flexibility index (Phi) is 11.9. The van der Waals surface area contributed by atoms with Gasteiger partial charge in [-0.05, 0) is 90.6 Å². The fourth-order valence-electron chi connectivity index (χ4n) is 8.82. The quantitative estimate of drug-likeness (QED) is 0.0945. The highest BCUT2D eigenvalue weighted by Crippen LogP contribution is 2.36. The summed E-state index contributed by atoms with van der Waals surface area (Å²) in [5, 5.41) is 10.7. The Morgan fingerprint density at radius 1 is 0.750 bits per heavy atom. The molecule has 3 fully saturated rings. The van der Waals surface area contributed by atoms with E-state index in [4.69, 9.17) is 24.2 Å². The van der Waals surface area contributed by atoms with Gasteiger partial charge in [-0.15, -0.1) is 0 Å². The Bertz CT molecular complexity index is 2370. The third kappa shape index (κ3) is 8.46. The number of nitrogens with one attached hydrogen (secondary N) is 5. The van der Waals surface area contributed by atoms with Gasteiger partial charge in [0, 0.05) is 37.8 Å². The lowest BCUT2D eigenvalue weighted by atomic mass is 9.96. The van der Waals surface area contributed by atoms with Gasteiger partial charge in [0.05, 0.1) is 49.2 Å². The van der Waals surface area contributed by atoms with E-state index in [2.05, 4.69) is 74.4 Å². The van der Waals surface area contributed by atoms with Crippen LogP contribution in [0.3, 0.4) is 0 Å². The summed E-state index contributed by atoms with van der Waals surface area (Å²) in [7, 11) is 2.60. The number of benzene rings is 3. The minimum absolute atomic E-state index is 0.0331. The number of fused-ring (bicyclic) bond motifs is 2. The molecule has 0 saturated carbocycles. The second kappa shape index (κ2) is 17.6. The van der Waals surface area contributed by atoms with Crippen LogP contribution in [0.25, 0.3) is 44.2 Å². The fraction of sp³-hybridized carbons (Fsp3) is 0.455. The van der Waals surface area contributed by atoms with Gasteiger partial charge in [0.1, 0.15) is 23.9 Å². The topological polar surface area (TPSA) is 196 Å². The zero-order valence-electron chi connectivity index (χ0n) is 34.5. The number of hydrogen-bond acceptors (Lipinski definition) is 9. The second-order valence-corrected chi connectivity index (χ2v) is 16.2. The van der Waals surface area contributed by atoms with Crippen LogP contribution in [0.5, 0.6) is 0 Å². The van der Waals surface area contributed by atoms with Crippen molar-refractivity contribution >= 4 is 45.9 Å². The number of H-pyrrole nitrogens is 2. The van der Waals surface area contributed by atoms with Crippen molar-refractivity contribution in [3.63, 3.8) is 0 Å². The van der Waals surface area contributed by atoms with Crippen molar-refractivity contribution in [3.05, 3.63) is 72.4 Å². The van der Waals surface area contributed by atoms with Crippen LogP contribution in [0.15, 0.2) is 60.8 Å². The van der Waals surface area contributed by atoms with Crippen LogP contribution < -0.4 is 16.0 Å². The first-order valence-electron chi connectivity index (χ1n) is 20.8. The van der Waals surface area contributed by atoms with E-state index in [9.17, 15) is 19.2 Å².